The molecule has 1 aliphatic heterocycles. The van der Waals surface area contributed by atoms with Crippen LogP contribution in [0.15, 0.2) is 30.3 Å². The fourth-order valence-electron chi connectivity index (χ4n) is 2.93. The van der Waals surface area contributed by atoms with Crippen molar-refractivity contribution in [2.45, 2.75) is 51.6 Å². The zero-order chi connectivity index (χ0) is 13.7. The van der Waals surface area contributed by atoms with Crippen LogP contribution in [0.5, 0.6) is 0 Å². The molecular formula is C17H28N2. The smallest absolute Gasteiger partial charge is 0.0252 e. The number of nitrogens with zero attached hydrogens (tertiary/aromatic N) is 1. The fraction of sp³-hybridized carbons (Fsp3) is 0.647. The van der Waals surface area contributed by atoms with Crippen molar-refractivity contribution in [1.29, 1.82) is 0 Å². The molecule has 1 atom stereocenters. The van der Waals surface area contributed by atoms with Gasteiger partial charge in [-0.25, -0.2) is 0 Å². The van der Waals surface area contributed by atoms with Gasteiger partial charge in [0, 0.05) is 18.1 Å². The van der Waals surface area contributed by atoms with Crippen molar-refractivity contribution < 1.29 is 0 Å². The molecule has 1 aromatic carbocycles. The second-order valence-electron chi connectivity index (χ2n) is 6.51. The molecule has 106 valence electrons. The molecule has 1 N–H and O–H groups in total. The summed E-state index contributed by atoms with van der Waals surface area (Å²) in [7, 11) is 0. The predicted octanol–water partition coefficient (Wildman–Crippen LogP) is 3.08. The van der Waals surface area contributed by atoms with Crippen molar-refractivity contribution in [3.8, 4) is 0 Å². The van der Waals surface area contributed by atoms with Gasteiger partial charge in [-0.1, -0.05) is 30.3 Å². The lowest BCUT2D eigenvalue weighted by atomic mass is 10.0. The Labute approximate surface area is 118 Å². The largest absolute Gasteiger partial charge is 0.310 e. The van der Waals surface area contributed by atoms with E-state index in [1.807, 2.05) is 0 Å². The highest BCUT2D eigenvalue weighted by Gasteiger charge is 2.26. The highest BCUT2D eigenvalue weighted by Crippen LogP contribution is 2.16. The van der Waals surface area contributed by atoms with Gasteiger partial charge in [0.1, 0.15) is 0 Å². The van der Waals surface area contributed by atoms with Crippen LogP contribution in [-0.2, 0) is 6.42 Å². The molecule has 0 aliphatic carbocycles. The molecule has 0 radical (unpaired) electrons. The highest BCUT2D eigenvalue weighted by atomic mass is 15.2. The van der Waals surface area contributed by atoms with Crippen molar-refractivity contribution in [2.24, 2.45) is 0 Å². The number of nitrogens with one attached hydrogen (secondary N) is 1. The van der Waals surface area contributed by atoms with Crippen molar-refractivity contribution in [3.05, 3.63) is 35.9 Å². The minimum atomic E-state index is 0.248. The maximum absolute atomic E-state index is 3.64. The van der Waals surface area contributed by atoms with Gasteiger partial charge < -0.3 is 5.32 Å². The average molecular weight is 260 g/mol. The predicted molar refractivity (Wildman–Crippen MR) is 82.5 cm³/mol. The Morgan fingerprint density at radius 1 is 1.26 bits per heavy atom. The van der Waals surface area contributed by atoms with E-state index in [4.69, 9.17) is 0 Å². The number of rotatable bonds is 4. The second-order valence-corrected chi connectivity index (χ2v) is 6.51. The van der Waals surface area contributed by atoms with Crippen LogP contribution in [0.2, 0.25) is 0 Å². The fourth-order valence-corrected chi connectivity index (χ4v) is 2.93. The van der Waals surface area contributed by atoms with Crippen LogP contribution in [0.3, 0.4) is 0 Å². The van der Waals surface area contributed by atoms with Gasteiger partial charge >= 0.3 is 0 Å². The third-order valence-electron chi connectivity index (χ3n) is 4.14. The molecule has 0 saturated carbocycles. The van der Waals surface area contributed by atoms with Crippen LogP contribution in [-0.4, -0.2) is 36.1 Å². The normalized spacial score (nSPS) is 21.8. The van der Waals surface area contributed by atoms with Gasteiger partial charge in [-0.2, -0.15) is 0 Å². The Morgan fingerprint density at radius 3 is 2.74 bits per heavy atom. The van der Waals surface area contributed by atoms with Crippen LogP contribution in [0.4, 0.5) is 0 Å². The molecule has 19 heavy (non-hydrogen) atoms. The summed E-state index contributed by atoms with van der Waals surface area (Å²) in [6.45, 7) is 10.5. The number of hydrogen-bond donors (Lipinski definition) is 1. The van der Waals surface area contributed by atoms with Gasteiger partial charge in [0.15, 0.2) is 0 Å². The van der Waals surface area contributed by atoms with Crippen LogP contribution in [0, 0.1) is 0 Å². The monoisotopic (exact) mass is 260 g/mol. The lowest BCUT2D eigenvalue weighted by Crippen LogP contribution is -2.48. The molecule has 1 unspecified atom stereocenters. The van der Waals surface area contributed by atoms with E-state index < -0.39 is 0 Å². The Bertz CT molecular complexity index is 372. The molecule has 1 aromatic rings. The molecule has 1 heterocycles. The van der Waals surface area contributed by atoms with E-state index in [0.717, 1.165) is 13.1 Å². The summed E-state index contributed by atoms with van der Waals surface area (Å²) in [5.41, 5.74) is 1.71. The lowest BCUT2D eigenvalue weighted by molar-refractivity contribution is 0.172. The summed E-state index contributed by atoms with van der Waals surface area (Å²) in [6.07, 6.45) is 3.70. The van der Waals surface area contributed by atoms with E-state index in [1.165, 1.54) is 31.4 Å². The second kappa shape index (κ2) is 6.53. The van der Waals surface area contributed by atoms with Gasteiger partial charge in [0.05, 0.1) is 0 Å². The van der Waals surface area contributed by atoms with Crippen LogP contribution in [0.25, 0.3) is 0 Å². The average Bonchev–Trinajstić information content (AvgIpc) is 2.58. The Balaban J connectivity index is 1.86. The summed E-state index contributed by atoms with van der Waals surface area (Å²) >= 11 is 0. The maximum atomic E-state index is 3.64. The summed E-state index contributed by atoms with van der Waals surface area (Å²) in [5, 5.41) is 3.64. The minimum Gasteiger partial charge on any atom is -0.310 e. The van der Waals surface area contributed by atoms with E-state index in [1.54, 1.807) is 0 Å². The molecule has 2 nitrogen and oxygen atoms in total. The Kier molecular flexibility index (Phi) is 5.00. The third-order valence-corrected chi connectivity index (χ3v) is 4.14. The molecule has 0 amide bonds. The minimum absolute atomic E-state index is 0.248. The van der Waals surface area contributed by atoms with Crippen LogP contribution in [0.1, 0.15) is 39.2 Å². The SMILES string of the molecule is CC(CCc1ccccc1)N1CCCNC(C)(C)C1. The van der Waals surface area contributed by atoms with E-state index in [0.29, 0.717) is 6.04 Å². The van der Waals surface area contributed by atoms with E-state index in [9.17, 15) is 0 Å². The van der Waals surface area contributed by atoms with Crippen molar-refractivity contribution in [3.63, 3.8) is 0 Å². The van der Waals surface area contributed by atoms with Crippen LogP contribution >= 0.6 is 0 Å². The first kappa shape index (κ1) is 14.5. The summed E-state index contributed by atoms with van der Waals surface area (Å²) in [4.78, 5) is 2.66. The zero-order valence-electron chi connectivity index (χ0n) is 12.7. The van der Waals surface area contributed by atoms with Gasteiger partial charge in [-0.3, -0.25) is 4.90 Å². The Hall–Kier alpha value is -0.860. The van der Waals surface area contributed by atoms with Crippen molar-refractivity contribution >= 4 is 0 Å². The molecule has 0 spiro atoms. The molecule has 2 rings (SSSR count). The third kappa shape index (κ3) is 4.63. The molecule has 1 fully saturated rings. The topological polar surface area (TPSA) is 15.3 Å². The number of hydrogen-bond acceptors (Lipinski definition) is 2. The summed E-state index contributed by atoms with van der Waals surface area (Å²) in [6, 6.07) is 11.5. The van der Waals surface area contributed by atoms with Crippen molar-refractivity contribution in [2.75, 3.05) is 19.6 Å². The maximum Gasteiger partial charge on any atom is 0.0252 e. The number of aryl methyl sites for hydroxylation is 1. The number of benzene rings is 1. The van der Waals surface area contributed by atoms with E-state index in [-0.39, 0.29) is 5.54 Å². The van der Waals surface area contributed by atoms with E-state index >= 15 is 0 Å². The first-order valence-corrected chi connectivity index (χ1v) is 7.60. The molecule has 0 bridgehead atoms. The van der Waals surface area contributed by atoms with Crippen LogP contribution < -0.4 is 5.32 Å². The van der Waals surface area contributed by atoms with Gasteiger partial charge in [-0.05, 0) is 58.7 Å². The first-order chi connectivity index (χ1) is 9.07. The molecule has 1 saturated heterocycles. The van der Waals surface area contributed by atoms with E-state index in [2.05, 4.69) is 61.3 Å². The summed E-state index contributed by atoms with van der Waals surface area (Å²) < 4.78 is 0. The quantitative estimate of drug-likeness (QED) is 0.895. The van der Waals surface area contributed by atoms with Gasteiger partial charge in [0.25, 0.3) is 0 Å². The molecule has 0 aromatic heterocycles. The zero-order valence-corrected chi connectivity index (χ0v) is 12.7. The first-order valence-electron chi connectivity index (χ1n) is 7.60. The van der Waals surface area contributed by atoms with Gasteiger partial charge in [0.2, 0.25) is 0 Å². The molecule has 2 heteroatoms. The Morgan fingerprint density at radius 2 is 2.00 bits per heavy atom. The highest BCUT2D eigenvalue weighted by molar-refractivity contribution is 5.14. The van der Waals surface area contributed by atoms with Gasteiger partial charge in [-0.15, -0.1) is 0 Å². The molecule has 1 aliphatic rings. The van der Waals surface area contributed by atoms with Crippen molar-refractivity contribution in [1.82, 2.24) is 10.2 Å². The standard InChI is InChI=1S/C17H28N2/c1-15(10-11-16-8-5-4-6-9-16)19-13-7-12-18-17(2,3)14-19/h4-6,8-9,15,18H,7,10-14H2,1-3H3. The summed E-state index contributed by atoms with van der Waals surface area (Å²) in [5.74, 6) is 0. The lowest BCUT2D eigenvalue weighted by Gasteiger charge is -2.34. The molecular weight excluding hydrogens is 232 g/mol.